The molecule has 3 nitrogen and oxygen atoms in total. The van der Waals surface area contributed by atoms with E-state index >= 15 is 0 Å². The van der Waals surface area contributed by atoms with Crippen LogP contribution in [0.4, 0.5) is 0 Å². The fourth-order valence-corrected chi connectivity index (χ4v) is 2.59. The molecule has 0 aliphatic carbocycles. The molecule has 0 amide bonds. The van der Waals surface area contributed by atoms with Crippen molar-refractivity contribution in [2.45, 2.75) is 38.8 Å². The monoisotopic (exact) mass is 263 g/mol. The number of benzene rings is 1. The Bertz CT molecular complexity index is 377. The third-order valence-corrected chi connectivity index (χ3v) is 3.85. The molecule has 1 N–H and O–H groups in total. The van der Waals surface area contributed by atoms with E-state index in [1.165, 1.54) is 5.56 Å². The first kappa shape index (κ1) is 14.4. The summed E-state index contributed by atoms with van der Waals surface area (Å²) in [6.07, 6.45) is 2.59. The van der Waals surface area contributed by atoms with Gasteiger partial charge < -0.3 is 14.8 Å². The largest absolute Gasteiger partial charge is 0.497 e. The Labute approximate surface area is 116 Å². The molecule has 1 fully saturated rings. The van der Waals surface area contributed by atoms with E-state index in [4.69, 9.17) is 9.47 Å². The molecule has 0 aromatic heterocycles. The van der Waals surface area contributed by atoms with Gasteiger partial charge in [-0.3, -0.25) is 0 Å². The average molecular weight is 263 g/mol. The van der Waals surface area contributed by atoms with Crippen LogP contribution in [0.5, 0.6) is 5.75 Å². The smallest absolute Gasteiger partial charge is 0.118 e. The summed E-state index contributed by atoms with van der Waals surface area (Å²) < 4.78 is 10.7. The van der Waals surface area contributed by atoms with Crippen molar-refractivity contribution >= 4 is 0 Å². The molecule has 2 rings (SSSR count). The molecule has 1 saturated heterocycles. The second-order valence-electron chi connectivity index (χ2n) is 5.54. The number of rotatable bonds is 6. The molecule has 19 heavy (non-hydrogen) atoms. The van der Waals surface area contributed by atoms with Crippen molar-refractivity contribution in [1.82, 2.24) is 5.32 Å². The molecule has 0 bridgehead atoms. The molecule has 0 unspecified atom stereocenters. The second-order valence-corrected chi connectivity index (χ2v) is 5.54. The summed E-state index contributed by atoms with van der Waals surface area (Å²) in [6, 6.07) is 8.89. The van der Waals surface area contributed by atoms with Crippen molar-refractivity contribution in [2.24, 2.45) is 5.92 Å². The predicted octanol–water partition coefficient (Wildman–Crippen LogP) is 2.64. The third-order valence-electron chi connectivity index (χ3n) is 3.85. The summed E-state index contributed by atoms with van der Waals surface area (Å²) in [7, 11) is 1.70. The maximum absolute atomic E-state index is 5.57. The molecule has 106 valence electrons. The van der Waals surface area contributed by atoms with Gasteiger partial charge >= 0.3 is 0 Å². The van der Waals surface area contributed by atoms with Crippen molar-refractivity contribution in [1.29, 1.82) is 0 Å². The summed E-state index contributed by atoms with van der Waals surface area (Å²) in [6.45, 7) is 6.38. The minimum absolute atomic E-state index is 0.355. The minimum atomic E-state index is 0.355. The zero-order valence-corrected chi connectivity index (χ0v) is 12.2. The molecule has 1 aliphatic rings. The molecule has 1 aliphatic heterocycles. The second kappa shape index (κ2) is 6.92. The number of hydrogen-bond donors (Lipinski definition) is 1. The molecule has 0 saturated carbocycles. The van der Waals surface area contributed by atoms with Gasteiger partial charge in [-0.05, 0) is 49.9 Å². The van der Waals surface area contributed by atoms with E-state index in [2.05, 4.69) is 31.3 Å². The highest BCUT2D eigenvalue weighted by Crippen LogP contribution is 2.16. The number of ether oxygens (including phenoxy) is 2. The number of nitrogens with one attached hydrogen (secondary N) is 1. The van der Waals surface area contributed by atoms with E-state index in [1.54, 1.807) is 7.11 Å². The van der Waals surface area contributed by atoms with E-state index in [1.807, 2.05) is 12.1 Å². The fraction of sp³-hybridized carbons (Fsp3) is 0.625. The Kier molecular flexibility index (Phi) is 5.23. The van der Waals surface area contributed by atoms with Gasteiger partial charge in [-0.25, -0.2) is 0 Å². The highest BCUT2D eigenvalue weighted by atomic mass is 16.5. The van der Waals surface area contributed by atoms with E-state index in [0.717, 1.165) is 31.7 Å². The molecule has 0 radical (unpaired) electrons. The first-order chi connectivity index (χ1) is 9.19. The number of hydrogen-bond acceptors (Lipinski definition) is 3. The maximum Gasteiger partial charge on any atom is 0.118 e. The van der Waals surface area contributed by atoms with Crippen LogP contribution in [-0.2, 0) is 11.2 Å². The van der Waals surface area contributed by atoms with Crippen LogP contribution in [0.25, 0.3) is 0 Å². The molecule has 3 heteroatoms. The summed E-state index contributed by atoms with van der Waals surface area (Å²) in [5.41, 5.74) is 1.37. The van der Waals surface area contributed by atoms with Gasteiger partial charge in [0.2, 0.25) is 0 Å². The van der Waals surface area contributed by atoms with Crippen molar-refractivity contribution < 1.29 is 9.47 Å². The zero-order valence-electron chi connectivity index (χ0n) is 12.2. The van der Waals surface area contributed by atoms with Crippen molar-refractivity contribution in [3.63, 3.8) is 0 Å². The van der Waals surface area contributed by atoms with Gasteiger partial charge in [0.15, 0.2) is 0 Å². The van der Waals surface area contributed by atoms with E-state index in [-0.39, 0.29) is 0 Å². The van der Waals surface area contributed by atoms with Crippen LogP contribution < -0.4 is 10.1 Å². The first-order valence-corrected chi connectivity index (χ1v) is 7.17. The average Bonchev–Trinajstić information content (AvgIpc) is 2.83. The normalized spacial score (nSPS) is 24.4. The van der Waals surface area contributed by atoms with Gasteiger partial charge in [0, 0.05) is 12.6 Å². The third kappa shape index (κ3) is 4.22. The van der Waals surface area contributed by atoms with Crippen molar-refractivity contribution in [3.05, 3.63) is 29.8 Å². The summed E-state index contributed by atoms with van der Waals surface area (Å²) >= 11 is 0. The van der Waals surface area contributed by atoms with Gasteiger partial charge in [0.25, 0.3) is 0 Å². The maximum atomic E-state index is 5.57. The lowest BCUT2D eigenvalue weighted by Gasteiger charge is -2.19. The van der Waals surface area contributed by atoms with Crippen LogP contribution >= 0.6 is 0 Å². The van der Waals surface area contributed by atoms with E-state index in [9.17, 15) is 0 Å². The molecular weight excluding hydrogens is 238 g/mol. The van der Waals surface area contributed by atoms with Gasteiger partial charge in [-0.15, -0.1) is 0 Å². The van der Waals surface area contributed by atoms with Crippen LogP contribution in [-0.4, -0.2) is 32.4 Å². The Balaban J connectivity index is 1.75. The molecule has 1 heterocycles. The zero-order chi connectivity index (χ0) is 13.7. The molecule has 1 aromatic rings. The lowest BCUT2D eigenvalue weighted by Crippen LogP contribution is -2.37. The number of methoxy groups -OCH3 is 1. The summed E-state index contributed by atoms with van der Waals surface area (Å²) in [4.78, 5) is 0. The SMILES string of the molecule is COc1ccc(C[C@H](C)CN[C@H]2CCO[C@@H]2C)cc1. The van der Waals surface area contributed by atoms with Gasteiger partial charge in [0.05, 0.1) is 13.2 Å². The van der Waals surface area contributed by atoms with Gasteiger partial charge in [-0.2, -0.15) is 0 Å². The fourth-order valence-electron chi connectivity index (χ4n) is 2.59. The van der Waals surface area contributed by atoms with Crippen LogP contribution in [0.3, 0.4) is 0 Å². The molecule has 0 spiro atoms. The summed E-state index contributed by atoms with van der Waals surface area (Å²) in [5.74, 6) is 1.55. The predicted molar refractivity (Wildman–Crippen MR) is 77.7 cm³/mol. The van der Waals surface area contributed by atoms with E-state index < -0.39 is 0 Å². The van der Waals surface area contributed by atoms with E-state index in [0.29, 0.717) is 18.1 Å². The van der Waals surface area contributed by atoms with Gasteiger partial charge in [0.1, 0.15) is 5.75 Å². The quantitative estimate of drug-likeness (QED) is 0.856. The van der Waals surface area contributed by atoms with Crippen LogP contribution in [0, 0.1) is 5.92 Å². The van der Waals surface area contributed by atoms with Gasteiger partial charge in [-0.1, -0.05) is 19.1 Å². The molecular formula is C16H25NO2. The minimum Gasteiger partial charge on any atom is -0.497 e. The Hall–Kier alpha value is -1.06. The lowest BCUT2D eigenvalue weighted by molar-refractivity contribution is 0.112. The first-order valence-electron chi connectivity index (χ1n) is 7.17. The molecule has 3 atom stereocenters. The van der Waals surface area contributed by atoms with Crippen LogP contribution in [0.1, 0.15) is 25.8 Å². The highest BCUT2D eigenvalue weighted by Gasteiger charge is 2.23. The standard InChI is InChI=1S/C16H25NO2/c1-12(11-17-16-8-9-19-13(16)2)10-14-4-6-15(18-3)7-5-14/h4-7,12-13,16-17H,8-11H2,1-3H3/t12-,13+,16-/m0/s1. The Morgan fingerprint density at radius 3 is 2.68 bits per heavy atom. The lowest BCUT2D eigenvalue weighted by atomic mass is 10.0. The van der Waals surface area contributed by atoms with Crippen molar-refractivity contribution in [3.8, 4) is 5.75 Å². The van der Waals surface area contributed by atoms with Crippen LogP contribution in [0.15, 0.2) is 24.3 Å². The Morgan fingerprint density at radius 2 is 2.11 bits per heavy atom. The molecule has 1 aromatic carbocycles. The Morgan fingerprint density at radius 1 is 1.37 bits per heavy atom. The highest BCUT2D eigenvalue weighted by molar-refractivity contribution is 5.27. The summed E-state index contributed by atoms with van der Waals surface area (Å²) in [5, 5.41) is 3.62. The topological polar surface area (TPSA) is 30.5 Å². The van der Waals surface area contributed by atoms with Crippen molar-refractivity contribution in [2.75, 3.05) is 20.3 Å². The van der Waals surface area contributed by atoms with Crippen LogP contribution in [0.2, 0.25) is 0 Å².